The molecule has 0 saturated carbocycles. The zero-order valence-corrected chi connectivity index (χ0v) is 10.7. The van der Waals surface area contributed by atoms with E-state index in [2.05, 4.69) is 34.4 Å². The summed E-state index contributed by atoms with van der Waals surface area (Å²) in [5, 5.41) is 0.462. The highest BCUT2D eigenvalue weighted by Crippen LogP contribution is 2.30. The summed E-state index contributed by atoms with van der Waals surface area (Å²) >= 11 is 8.09. The van der Waals surface area contributed by atoms with Crippen LogP contribution in [0.5, 0.6) is 5.75 Å². The van der Waals surface area contributed by atoms with E-state index in [0.29, 0.717) is 10.6 Å². The predicted molar refractivity (Wildman–Crippen MR) is 66.9 cm³/mol. The van der Waals surface area contributed by atoms with E-state index >= 15 is 0 Å². The van der Waals surface area contributed by atoms with E-state index in [0.717, 1.165) is 3.57 Å². The van der Waals surface area contributed by atoms with Gasteiger partial charge in [0.25, 0.3) is 0 Å². The van der Waals surface area contributed by atoms with Crippen LogP contribution >= 0.6 is 34.2 Å². The highest BCUT2D eigenvalue weighted by atomic mass is 127. The number of benzene rings is 1. The number of primary amides is 1. The zero-order valence-electron chi connectivity index (χ0n) is 7.80. The minimum atomic E-state index is -0.883. The second-order valence-corrected chi connectivity index (χ2v) is 4.07. The number of nitrogens with two attached hydrogens (primary N) is 1. The molecule has 78 valence electrons. The van der Waals surface area contributed by atoms with Crippen LogP contribution < -0.4 is 10.5 Å². The Labute approximate surface area is 106 Å². The first-order chi connectivity index (χ1) is 7.06. The average molecular weight is 336 g/mol. The summed E-state index contributed by atoms with van der Waals surface area (Å²) in [7, 11) is 0. The Bertz CT molecular complexity index is 462. The molecule has 0 fully saturated rings. The lowest BCUT2D eigenvalue weighted by atomic mass is 10.2. The van der Waals surface area contributed by atoms with E-state index in [4.69, 9.17) is 22.1 Å². The molecule has 0 unspecified atom stereocenters. The lowest BCUT2D eigenvalue weighted by Gasteiger charge is -2.06. The molecule has 15 heavy (non-hydrogen) atoms. The van der Waals surface area contributed by atoms with Gasteiger partial charge in [-0.05, 0) is 41.6 Å². The molecule has 5 heteroatoms. The zero-order chi connectivity index (χ0) is 11.4. The molecule has 0 aliphatic heterocycles. The molecule has 0 atom stereocenters. The van der Waals surface area contributed by atoms with E-state index in [-0.39, 0.29) is 5.75 Å². The van der Waals surface area contributed by atoms with Gasteiger partial charge in [0, 0.05) is 3.57 Å². The van der Waals surface area contributed by atoms with Gasteiger partial charge in [-0.2, -0.15) is 0 Å². The molecule has 2 N–H and O–H groups in total. The Morgan fingerprint density at radius 2 is 2.27 bits per heavy atom. The third kappa shape index (κ3) is 3.01. The van der Waals surface area contributed by atoms with Crippen LogP contribution in [0.2, 0.25) is 5.02 Å². The maximum Gasteiger partial charge on any atom is 0.410 e. The molecule has 0 radical (unpaired) electrons. The number of rotatable bonds is 1. The van der Waals surface area contributed by atoms with E-state index in [9.17, 15) is 4.79 Å². The Morgan fingerprint density at radius 3 is 2.80 bits per heavy atom. The summed E-state index contributed by atoms with van der Waals surface area (Å²) in [6.07, 6.45) is -0.883. The van der Waals surface area contributed by atoms with Crippen molar-refractivity contribution in [3.8, 4) is 17.6 Å². The maximum absolute atomic E-state index is 10.6. The largest absolute Gasteiger partial charge is 0.410 e. The fourth-order valence-corrected chi connectivity index (χ4v) is 1.62. The Morgan fingerprint density at radius 1 is 1.60 bits per heavy atom. The molecular weight excluding hydrogens is 328 g/mol. The number of hydrogen-bond donors (Lipinski definition) is 1. The number of ether oxygens (including phenoxy) is 1. The van der Waals surface area contributed by atoms with Crippen molar-refractivity contribution in [3.05, 3.63) is 26.3 Å². The Kier molecular flexibility index (Phi) is 4.24. The highest BCUT2D eigenvalue weighted by molar-refractivity contribution is 14.1. The third-order valence-electron chi connectivity index (χ3n) is 1.52. The summed E-state index contributed by atoms with van der Waals surface area (Å²) in [5.74, 6) is 5.75. The summed E-state index contributed by atoms with van der Waals surface area (Å²) in [4.78, 5) is 10.6. The lowest BCUT2D eigenvalue weighted by molar-refractivity contribution is 0.210. The van der Waals surface area contributed by atoms with E-state index < -0.39 is 6.09 Å². The molecule has 0 spiro atoms. The topological polar surface area (TPSA) is 52.3 Å². The SMILES string of the molecule is CC#Cc1c(OC(N)=O)ccc(I)c1Cl. The van der Waals surface area contributed by atoms with Gasteiger partial charge in [-0.15, -0.1) is 5.92 Å². The number of halogens is 2. The van der Waals surface area contributed by atoms with Crippen molar-refractivity contribution in [1.82, 2.24) is 0 Å². The normalized spacial score (nSPS) is 9.00. The third-order valence-corrected chi connectivity index (χ3v) is 3.13. The average Bonchev–Trinajstić information content (AvgIpc) is 2.17. The van der Waals surface area contributed by atoms with Gasteiger partial charge in [-0.25, -0.2) is 4.79 Å². The van der Waals surface area contributed by atoms with Crippen LogP contribution in [0.25, 0.3) is 0 Å². The fraction of sp³-hybridized carbons (Fsp3) is 0.100. The monoisotopic (exact) mass is 335 g/mol. The van der Waals surface area contributed by atoms with Crippen molar-refractivity contribution in [2.24, 2.45) is 5.73 Å². The van der Waals surface area contributed by atoms with E-state index in [1.807, 2.05) is 0 Å². The van der Waals surface area contributed by atoms with Crippen molar-refractivity contribution in [3.63, 3.8) is 0 Å². The lowest BCUT2D eigenvalue weighted by Crippen LogP contribution is -2.17. The first-order valence-corrected chi connectivity index (χ1v) is 5.40. The van der Waals surface area contributed by atoms with E-state index in [1.54, 1.807) is 19.1 Å². The van der Waals surface area contributed by atoms with Crippen LogP contribution in [0.1, 0.15) is 12.5 Å². The molecule has 0 saturated heterocycles. The standard InChI is InChI=1S/C10H7ClINO2/c1-2-3-6-8(15-10(13)14)5-4-7(12)9(6)11/h4-5H,1H3,(H2,13,14). The van der Waals surface area contributed by atoms with Gasteiger partial charge >= 0.3 is 6.09 Å². The van der Waals surface area contributed by atoms with Crippen LogP contribution in [0.4, 0.5) is 4.79 Å². The van der Waals surface area contributed by atoms with Crippen molar-refractivity contribution in [2.45, 2.75) is 6.92 Å². The number of hydrogen-bond acceptors (Lipinski definition) is 2. The van der Waals surface area contributed by atoms with Crippen LogP contribution in [0, 0.1) is 15.4 Å². The molecular formula is C10H7ClINO2. The first kappa shape index (κ1) is 12.1. The molecule has 0 bridgehead atoms. The number of carbonyl (C=O) groups excluding carboxylic acids is 1. The molecule has 1 amide bonds. The Hall–Kier alpha value is -0.930. The van der Waals surface area contributed by atoms with E-state index in [1.165, 1.54) is 0 Å². The van der Waals surface area contributed by atoms with Crippen LogP contribution in [-0.4, -0.2) is 6.09 Å². The smallest absolute Gasteiger partial charge is 0.409 e. The molecule has 0 aliphatic rings. The van der Waals surface area contributed by atoms with Crippen molar-refractivity contribution in [1.29, 1.82) is 0 Å². The summed E-state index contributed by atoms with van der Waals surface area (Å²) < 4.78 is 5.62. The van der Waals surface area contributed by atoms with Crippen molar-refractivity contribution < 1.29 is 9.53 Å². The van der Waals surface area contributed by atoms with Gasteiger partial charge < -0.3 is 10.5 Å². The van der Waals surface area contributed by atoms with Gasteiger partial charge in [-0.3, -0.25) is 0 Å². The van der Waals surface area contributed by atoms with Gasteiger partial charge in [0.1, 0.15) is 5.75 Å². The van der Waals surface area contributed by atoms with Crippen LogP contribution in [0.15, 0.2) is 12.1 Å². The quantitative estimate of drug-likeness (QED) is 0.634. The first-order valence-electron chi connectivity index (χ1n) is 3.94. The van der Waals surface area contributed by atoms with Gasteiger partial charge in [0.05, 0.1) is 10.6 Å². The summed E-state index contributed by atoms with van der Waals surface area (Å²) in [5.41, 5.74) is 5.40. The summed E-state index contributed by atoms with van der Waals surface area (Å²) in [6, 6.07) is 3.33. The van der Waals surface area contributed by atoms with Crippen LogP contribution in [0.3, 0.4) is 0 Å². The number of amides is 1. The van der Waals surface area contributed by atoms with Gasteiger partial charge in [-0.1, -0.05) is 17.5 Å². The van der Waals surface area contributed by atoms with Crippen LogP contribution in [-0.2, 0) is 0 Å². The Balaban J connectivity index is 3.30. The second kappa shape index (κ2) is 5.24. The molecule has 0 aromatic heterocycles. The van der Waals surface area contributed by atoms with Gasteiger partial charge in [0.15, 0.2) is 0 Å². The molecule has 1 rings (SSSR count). The maximum atomic E-state index is 10.6. The molecule has 3 nitrogen and oxygen atoms in total. The van der Waals surface area contributed by atoms with Crippen molar-refractivity contribution >= 4 is 40.3 Å². The molecule has 0 heterocycles. The molecule has 0 aliphatic carbocycles. The highest BCUT2D eigenvalue weighted by Gasteiger charge is 2.11. The second-order valence-electron chi connectivity index (χ2n) is 2.53. The molecule has 1 aromatic rings. The predicted octanol–water partition coefficient (Wildman–Crippen LogP) is 2.77. The number of carbonyl (C=O) groups is 1. The van der Waals surface area contributed by atoms with Gasteiger partial charge in [0.2, 0.25) is 0 Å². The minimum Gasteiger partial charge on any atom is -0.409 e. The fourth-order valence-electron chi connectivity index (χ4n) is 0.968. The summed E-state index contributed by atoms with van der Waals surface area (Å²) in [6.45, 7) is 1.67. The molecule has 1 aromatic carbocycles. The minimum absolute atomic E-state index is 0.280. The van der Waals surface area contributed by atoms with Crippen molar-refractivity contribution in [2.75, 3.05) is 0 Å².